The lowest BCUT2D eigenvalue weighted by atomic mass is 9.91. The van der Waals surface area contributed by atoms with Crippen LogP contribution in [0, 0.1) is 5.92 Å². The predicted octanol–water partition coefficient (Wildman–Crippen LogP) is 2.44. The Kier molecular flexibility index (Phi) is 6.56. The lowest BCUT2D eigenvalue weighted by Crippen LogP contribution is -2.36. The molecule has 1 aromatic carbocycles. The van der Waals surface area contributed by atoms with Crippen molar-refractivity contribution in [2.45, 2.75) is 51.7 Å². The van der Waals surface area contributed by atoms with Gasteiger partial charge in [0.25, 0.3) is 0 Å². The van der Waals surface area contributed by atoms with Gasteiger partial charge >= 0.3 is 5.97 Å². The van der Waals surface area contributed by atoms with Crippen molar-refractivity contribution >= 4 is 12.3 Å². The van der Waals surface area contributed by atoms with E-state index in [9.17, 15) is 14.7 Å². The van der Waals surface area contributed by atoms with E-state index in [4.69, 9.17) is 4.74 Å². The number of aliphatic hydroxyl groups is 1. The van der Waals surface area contributed by atoms with Crippen molar-refractivity contribution in [1.82, 2.24) is 0 Å². The van der Waals surface area contributed by atoms with E-state index >= 15 is 0 Å². The van der Waals surface area contributed by atoms with Gasteiger partial charge < -0.3 is 9.84 Å². The van der Waals surface area contributed by atoms with Gasteiger partial charge in [0.2, 0.25) is 0 Å². The minimum Gasteiger partial charge on any atom is -0.460 e. The van der Waals surface area contributed by atoms with Crippen molar-refractivity contribution < 1.29 is 19.4 Å². The number of benzene rings is 1. The second-order valence-corrected chi connectivity index (χ2v) is 6.08. The first kappa shape index (κ1) is 17.4. The molecule has 0 aliphatic heterocycles. The largest absolute Gasteiger partial charge is 0.460 e. The third-order valence-electron chi connectivity index (χ3n) is 3.01. The molecular formula is C17H23O4. The molecule has 4 heteroatoms. The van der Waals surface area contributed by atoms with Crippen LogP contribution in [-0.4, -0.2) is 29.1 Å². The molecule has 0 saturated carbocycles. The molecule has 0 spiro atoms. The third-order valence-corrected chi connectivity index (χ3v) is 3.01. The third kappa shape index (κ3) is 6.54. The summed E-state index contributed by atoms with van der Waals surface area (Å²) in [6.07, 6.45) is 1.53. The first-order valence-corrected chi connectivity index (χ1v) is 7.13. The van der Waals surface area contributed by atoms with Gasteiger partial charge in [0, 0.05) is 6.42 Å². The van der Waals surface area contributed by atoms with Crippen molar-refractivity contribution in [1.29, 1.82) is 0 Å². The molecule has 0 aliphatic rings. The molecule has 1 radical (unpaired) electrons. The Morgan fingerprint density at radius 3 is 2.43 bits per heavy atom. The second kappa shape index (κ2) is 7.93. The molecule has 0 fully saturated rings. The molecular weight excluding hydrogens is 268 g/mol. The molecule has 2 unspecified atom stereocenters. The standard InChI is InChI=1S/C17H23O4/c1-17(2,3)21-16(20)14(15(19)10-7-11-18)12-13-8-5-4-6-9-13/h4-6,8-9,14-15,19H,7,10,12H2,1-3H3. The van der Waals surface area contributed by atoms with E-state index in [0.29, 0.717) is 6.42 Å². The first-order valence-electron chi connectivity index (χ1n) is 7.13. The van der Waals surface area contributed by atoms with Crippen LogP contribution >= 0.6 is 0 Å². The zero-order valence-electron chi connectivity index (χ0n) is 12.8. The summed E-state index contributed by atoms with van der Waals surface area (Å²) in [5.74, 6) is -1.12. The summed E-state index contributed by atoms with van der Waals surface area (Å²) < 4.78 is 5.38. The van der Waals surface area contributed by atoms with Crippen LogP contribution < -0.4 is 0 Å². The summed E-state index contributed by atoms with van der Waals surface area (Å²) in [6.45, 7) is 5.36. The highest BCUT2D eigenvalue weighted by Crippen LogP contribution is 2.20. The maximum Gasteiger partial charge on any atom is 0.312 e. The lowest BCUT2D eigenvalue weighted by Gasteiger charge is -2.26. The van der Waals surface area contributed by atoms with Crippen molar-refractivity contribution in [3.8, 4) is 0 Å². The maximum absolute atomic E-state index is 12.3. The molecule has 4 nitrogen and oxygen atoms in total. The molecule has 1 rings (SSSR count). The fraction of sp³-hybridized carbons (Fsp3) is 0.529. The van der Waals surface area contributed by atoms with E-state index in [1.165, 1.54) is 0 Å². The topological polar surface area (TPSA) is 63.6 Å². The highest BCUT2D eigenvalue weighted by molar-refractivity contribution is 5.74. The Bertz CT molecular complexity index is 448. The molecule has 0 saturated heterocycles. The number of carbonyl (C=O) groups excluding carboxylic acids is 2. The van der Waals surface area contributed by atoms with Gasteiger partial charge in [0.05, 0.1) is 12.0 Å². The van der Waals surface area contributed by atoms with Crippen LogP contribution in [0.1, 0.15) is 39.2 Å². The fourth-order valence-corrected chi connectivity index (χ4v) is 2.03. The van der Waals surface area contributed by atoms with Gasteiger partial charge in [0.15, 0.2) is 6.29 Å². The molecule has 0 aliphatic carbocycles. The summed E-state index contributed by atoms with van der Waals surface area (Å²) in [5.41, 5.74) is 0.338. The van der Waals surface area contributed by atoms with E-state index in [1.54, 1.807) is 27.1 Å². The molecule has 1 aromatic rings. The number of rotatable bonds is 7. The molecule has 0 aromatic heterocycles. The number of hydrogen-bond acceptors (Lipinski definition) is 4. The Morgan fingerprint density at radius 2 is 1.90 bits per heavy atom. The van der Waals surface area contributed by atoms with Crippen LogP contribution in [0.15, 0.2) is 30.3 Å². The fourth-order valence-electron chi connectivity index (χ4n) is 2.03. The minimum absolute atomic E-state index is 0.106. The van der Waals surface area contributed by atoms with Gasteiger partial charge in [-0.2, -0.15) is 0 Å². The quantitative estimate of drug-likeness (QED) is 0.784. The Balaban J connectivity index is 2.83. The van der Waals surface area contributed by atoms with Crippen molar-refractivity contribution in [3.63, 3.8) is 0 Å². The van der Waals surface area contributed by atoms with Crippen LogP contribution in [0.3, 0.4) is 0 Å². The second-order valence-electron chi connectivity index (χ2n) is 6.08. The van der Waals surface area contributed by atoms with Gasteiger partial charge in [0.1, 0.15) is 5.60 Å². The van der Waals surface area contributed by atoms with Gasteiger partial charge in [-0.15, -0.1) is 0 Å². The van der Waals surface area contributed by atoms with Gasteiger partial charge in [-0.25, -0.2) is 0 Å². The molecule has 21 heavy (non-hydrogen) atoms. The number of esters is 1. The minimum atomic E-state index is -0.915. The normalized spacial score (nSPS) is 14.3. The number of ether oxygens (including phenoxy) is 1. The van der Waals surface area contributed by atoms with Crippen LogP contribution in [0.2, 0.25) is 0 Å². The molecule has 0 bridgehead atoms. The van der Waals surface area contributed by atoms with E-state index < -0.39 is 23.6 Å². The van der Waals surface area contributed by atoms with E-state index in [-0.39, 0.29) is 12.8 Å². The SMILES string of the molecule is CC(C)(C)OC(=O)C(Cc1ccccc1)C(O)CC[C]=O. The lowest BCUT2D eigenvalue weighted by molar-refractivity contribution is -0.164. The zero-order chi connectivity index (χ0) is 15.9. The average Bonchev–Trinajstić information content (AvgIpc) is 2.41. The average molecular weight is 291 g/mol. The van der Waals surface area contributed by atoms with Crippen LogP contribution in [0.5, 0.6) is 0 Å². The summed E-state index contributed by atoms with van der Waals surface area (Å²) in [6, 6.07) is 9.45. The molecule has 0 amide bonds. The monoisotopic (exact) mass is 291 g/mol. The maximum atomic E-state index is 12.3. The van der Waals surface area contributed by atoms with Crippen LogP contribution in [-0.2, 0) is 20.7 Å². The van der Waals surface area contributed by atoms with Crippen molar-refractivity contribution in [3.05, 3.63) is 35.9 Å². The summed E-state index contributed by atoms with van der Waals surface area (Å²) in [7, 11) is 0. The smallest absolute Gasteiger partial charge is 0.312 e. The summed E-state index contributed by atoms with van der Waals surface area (Å²) in [5, 5.41) is 10.2. The molecule has 115 valence electrons. The predicted molar refractivity (Wildman–Crippen MR) is 80.4 cm³/mol. The Morgan fingerprint density at radius 1 is 1.29 bits per heavy atom. The van der Waals surface area contributed by atoms with E-state index in [2.05, 4.69) is 0 Å². The zero-order valence-corrected chi connectivity index (χ0v) is 12.8. The number of aliphatic hydroxyl groups excluding tert-OH is 1. The summed E-state index contributed by atoms with van der Waals surface area (Å²) >= 11 is 0. The van der Waals surface area contributed by atoms with Gasteiger partial charge in [-0.1, -0.05) is 30.3 Å². The van der Waals surface area contributed by atoms with Crippen LogP contribution in [0.4, 0.5) is 0 Å². The molecule has 0 heterocycles. The molecule has 1 N–H and O–H groups in total. The van der Waals surface area contributed by atoms with Crippen LogP contribution in [0.25, 0.3) is 0 Å². The van der Waals surface area contributed by atoms with Crippen molar-refractivity contribution in [2.75, 3.05) is 0 Å². The number of carbonyl (C=O) groups is 1. The highest BCUT2D eigenvalue weighted by atomic mass is 16.6. The van der Waals surface area contributed by atoms with E-state index in [1.807, 2.05) is 30.3 Å². The summed E-state index contributed by atoms with van der Waals surface area (Å²) in [4.78, 5) is 22.6. The van der Waals surface area contributed by atoms with Crippen molar-refractivity contribution in [2.24, 2.45) is 5.92 Å². The first-order chi connectivity index (χ1) is 9.83. The number of hydrogen-bond donors (Lipinski definition) is 1. The van der Waals surface area contributed by atoms with E-state index in [0.717, 1.165) is 5.56 Å². The molecule has 2 atom stereocenters. The van der Waals surface area contributed by atoms with Gasteiger partial charge in [-0.3, -0.25) is 9.59 Å². The van der Waals surface area contributed by atoms with Gasteiger partial charge in [-0.05, 0) is 39.2 Å². The Labute approximate surface area is 126 Å². The highest BCUT2D eigenvalue weighted by Gasteiger charge is 2.31. The Hall–Kier alpha value is -1.68.